The highest BCUT2D eigenvalue weighted by Crippen LogP contribution is 2.24. The predicted molar refractivity (Wildman–Crippen MR) is 98.7 cm³/mol. The number of pyridine rings is 1. The van der Waals surface area contributed by atoms with Gasteiger partial charge in [-0.15, -0.1) is 0 Å². The van der Waals surface area contributed by atoms with Crippen molar-refractivity contribution >= 4 is 32.7 Å². The smallest absolute Gasteiger partial charge is 0.267 e. The minimum absolute atomic E-state index is 0.296. The summed E-state index contributed by atoms with van der Waals surface area (Å²) in [4.78, 5) is 19.4. The number of benzene rings is 1. The molecule has 0 fully saturated rings. The Hall–Kier alpha value is -2.45. The van der Waals surface area contributed by atoms with Gasteiger partial charge in [0.2, 0.25) is 5.88 Å². The van der Waals surface area contributed by atoms with Gasteiger partial charge in [-0.2, -0.15) is 0 Å². The van der Waals surface area contributed by atoms with E-state index in [-0.39, 0.29) is 5.91 Å². The number of rotatable bonds is 7. The molecule has 26 heavy (non-hydrogen) atoms. The third-order valence-electron chi connectivity index (χ3n) is 3.69. The molecule has 0 aliphatic carbocycles. The van der Waals surface area contributed by atoms with E-state index in [0.717, 1.165) is 5.56 Å². The Morgan fingerprint density at radius 3 is 2.88 bits per heavy atom. The minimum atomic E-state index is -0.391. The Bertz CT molecular complexity index is 912. The highest BCUT2D eigenvalue weighted by Gasteiger charge is 2.12. The third kappa shape index (κ3) is 4.39. The van der Waals surface area contributed by atoms with Crippen molar-refractivity contribution in [2.45, 2.75) is 6.54 Å². The average molecular weight is 422 g/mol. The predicted octanol–water partition coefficient (Wildman–Crippen LogP) is 3.42. The van der Waals surface area contributed by atoms with Gasteiger partial charge in [0.25, 0.3) is 5.91 Å². The number of H-pyrrole nitrogens is 1. The average Bonchev–Trinajstić information content (AvgIpc) is 3.05. The third-order valence-corrected chi connectivity index (χ3v) is 4.14. The Labute approximate surface area is 157 Å². The van der Waals surface area contributed by atoms with E-state index in [4.69, 9.17) is 9.47 Å². The molecule has 0 saturated heterocycles. The highest BCUT2D eigenvalue weighted by atomic mass is 79.9. The molecule has 0 atom stereocenters. The lowest BCUT2D eigenvalue weighted by atomic mass is 10.2. The summed E-state index contributed by atoms with van der Waals surface area (Å²) in [5.41, 5.74) is 1.67. The van der Waals surface area contributed by atoms with Crippen molar-refractivity contribution in [3.05, 3.63) is 58.1 Å². The van der Waals surface area contributed by atoms with Gasteiger partial charge in [0, 0.05) is 35.8 Å². The Kier molecular flexibility index (Phi) is 5.85. The number of nitrogens with one attached hydrogen (secondary N) is 2. The zero-order valence-corrected chi connectivity index (χ0v) is 15.6. The van der Waals surface area contributed by atoms with Crippen LogP contribution in [-0.4, -0.2) is 36.2 Å². The highest BCUT2D eigenvalue weighted by molar-refractivity contribution is 9.10. The van der Waals surface area contributed by atoms with E-state index in [0.29, 0.717) is 46.7 Å². The molecule has 136 valence electrons. The molecule has 2 aromatic heterocycles. The van der Waals surface area contributed by atoms with Crippen molar-refractivity contribution in [3.63, 3.8) is 0 Å². The summed E-state index contributed by atoms with van der Waals surface area (Å²) < 4.78 is 24.8. The molecule has 3 aromatic rings. The molecule has 6 nitrogen and oxygen atoms in total. The van der Waals surface area contributed by atoms with Crippen LogP contribution in [0.3, 0.4) is 0 Å². The van der Waals surface area contributed by atoms with E-state index < -0.39 is 5.82 Å². The van der Waals surface area contributed by atoms with E-state index in [2.05, 4.69) is 31.2 Å². The van der Waals surface area contributed by atoms with Crippen LogP contribution < -0.4 is 10.1 Å². The van der Waals surface area contributed by atoms with Gasteiger partial charge in [0.1, 0.15) is 18.1 Å². The minimum Gasteiger partial charge on any atom is -0.475 e. The van der Waals surface area contributed by atoms with Crippen LogP contribution in [0, 0.1) is 5.82 Å². The molecule has 0 radical (unpaired) electrons. The molecule has 3 rings (SSSR count). The Morgan fingerprint density at radius 1 is 1.31 bits per heavy atom. The maximum Gasteiger partial charge on any atom is 0.267 e. The van der Waals surface area contributed by atoms with Crippen molar-refractivity contribution in [2.75, 3.05) is 20.3 Å². The second-order valence-electron chi connectivity index (χ2n) is 5.56. The molecule has 1 amide bonds. The van der Waals surface area contributed by atoms with Crippen molar-refractivity contribution in [3.8, 4) is 5.88 Å². The fraction of sp³-hybridized carbons (Fsp3) is 0.222. The number of hydrogen-bond acceptors (Lipinski definition) is 4. The molecular formula is C18H17BrFN3O3. The number of fused-ring (bicyclic) bond motifs is 1. The first-order chi connectivity index (χ1) is 12.6. The number of hydrogen-bond donors (Lipinski definition) is 2. The molecule has 0 bridgehead atoms. The first kappa shape index (κ1) is 18.3. The Balaban J connectivity index is 1.61. The van der Waals surface area contributed by atoms with Crippen molar-refractivity contribution in [2.24, 2.45) is 0 Å². The van der Waals surface area contributed by atoms with Gasteiger partial charge in [-0.05, 0) is 23.8 Å². The number of methoxy groups -OCH3 is 1. The lowest BCUT2D eigenvalue weighted by molar-refractivity contribution is 0.0946. The molecule has 0 spiro atoms. The van der Waals surface area contributed by atoms with Crippen molar-refractivity contribution < 1.29 is 18.7 Å². The molecule has 2 N–H and O–H groups in total. The summed E-state index contributed by atoms with van der Waals surface area (Å²) in [7, 11) is 1.60. The standard InChI is InChI=1S/C18H17BrFN3O3/c1-25-4-5-26-17-3-2-11(9-21-17)10-22-18(24)16-8-13-14(20)6-12(19)7-15(13)23-16/h2-3,6-9,23H,4-5,10H2,1H3,(H,22,24). The maximum atomic E-state index is 13.9. The van der Waals surface area contributed by atoms with Crippen LogP contribution >= 0.6 is 15.9 Å². The van der Waals surface area contributed by atoms with E-state index in [1.54, 1.807) is 25.4 Å². The van der Waals surface area contributed by atoms with E-state index >= 15 is 0 Å². The topological polar surface area (TPSA) is 76.2 Å². The van der Waals surface area contributed by atoms with Crippen LogP contribution in [0.2, 0.25) is 0 Å². The lowest BCUT2D eigenvalue weighted by Gasteiger charge is -2.06. The summed E-state index contributed by atoms with van der Waals surface area (Å²) >= 11 is 3.23. The molecule has 1 aromatic carbocycles. The van der Waals surface area contributed by atoms with E-state index in [1.807, 2.05) is 6.07 Å². The van der Waals surface area contributed by atoms with Crippen LogP contribution in [-0.2, 0) is 11.3 Å². The SMILES string of the molecule is COCCOc1ccc(CNC(=O)c2cc3c(F)cc(Br)cc3[nH]2)cn1. The molecule has 0 aliphatic heterocycles. The summed E-state index contributed by atoms with van der Waals surface area (Å²) in [5, 5.41) is 3.15. The van der Waals surface area contributed by atoms with Gasteiger partial charge in [-0.25, -0.2) is 9.37 Å². The summed E-state index contributed by atoms with van der Waals surface area (Å²) in [6, 6.07) is 8.13. The molecular weight excluding hydrogens is 405 g/mol. The zero-order chi connectivity index (χ0) is 18.5. The first-order valence-corrected chi connectivity index (χ1v) is 8.69. The summed E-state index contributed by atoms with van der Waals surface area (Å²) in [5.74, 6) is -0.219. The summed E-state index contributed by atoms with van der Waals surface area (Å²) in [6.07, 6.45) is 1.63. The number of aromatic nitrogens is 2. The summed E-state index contributed by atoms with van der Waals surface area (Å²) in [6.45, 7) is 1.21. The van der Waals surface area contributed by atoms with Crippen molar-refractivity contribution in [1.82, 2.24) is 15.3 Å². The Morgan fingerprint density at radius 2 is 2.15 bits per heavy atom. The van der Waals surface area contributed by atoms with Gasteiger partial charge in [-0.1, -0.05) is 22.0 Å². The largest absolute Gasteiger partial charge is 0.475 e. The number of nitrogens with zero attached hydrogens (tertiary/aromatic N) is 1. The fourth-order valence-electron chi connectivity index (χ4n) is 2.39. The number of carbonyl (C=O) groups is 1. The van der Waals surface area contributed by atoms with Crippen LogP contribution in [0.5, 0.6) is 5.88 Å². The molecule has 0 saturated carbocycles. The second-order valence-corrected chi connectivity index (χ2v) is 6.48. The molecule has 2 heterocycles. The maximum absolute atomic E-state index is 13.9. The van der Waals surface area contributed by atoms with Gasteiger partial charge in [0.05, 0.1) is 12.1 Å². The first-order valence-electron chi connectivity index (χ1n) is 7.89. The number of aromatic amines is 1. The second kappa shape index (κ2) is 8.29. The normalized spacial score (nSPS) is 10.9. The van der Waals surface area contributed by atoms with Crippen LogP contribution in [0.1, 0.15) is 16.1 Å². The molecule has 0 aliphatic rings. The number of amides is 1. The monoisotopic (exact) mass is 421 g/mol. The van der Waals surface area contributed by atoms with Gasteiger partial charge in [0.15, 0.2) is 0 Å². The number of carbonyl (C=O) groups excluding carboxylic acids is 1. The van der Waals surface area contributed by atoms with Crippen molar-refractivity contribution in [1.29, 1.82) is 0 Å². The lowest BCUT2D eigenvalue weighted by Crippen LogP contribution is -2.23. The zero-order valence-electron chi connectivity index (χ0n) is 14.0. The number of halogens is 2. The van der Waals surface area contributed by atoms with Gasteiger partial charge in [-0.3, -0.25) is 4.79 Å². The molecule has 0 unspecified atom stereocenters. The van der Waals surface area contributed by atoms with Gasteiger partial charge < -0.3 is 19.8 Å². The van der Waals surface area contributed by atoms with Crippen LogP contribution in [0.25, 0.3) is 10.9 Å². The van der Waals surface area contributed by atoms with E-state index in [9.17, 15) is 9.18 Å². The van der Waals surface area contributed by atoms with E-state index in [1.165, 1.54) is 12.1 Å². The number of ether oxygens (including phenoxy) is 2. The quantitative estimate of drug-likeness (QED) is 0.573. The van der Waals surface area contributed by atoms with Crippen LogP contribution in [0.4, 0.5) is 4.39 Å². The fourth-order valence-corrected chi connectivity index (χ4v) is 2.82. The van der Waals surface area contributed by atoms with Crippen LogP contribution in [0.15, 0.2) is 41.0 Å². The molecule has 8 heteroatoms. The van der Waals surface area contributed by atoms with Gasteiger partial charge >= 0.3 is 0 Å².